The van der Waals surface area contributed by atoms with Crippen molar-refractivity contribution >= 4 is 21.7 Å². The van der Waals surface area contributed by atoms with E-state index in [1.807, 2.05) is 12.1 Å². The zero-order valence-electron chi connectivity index (χ0n) is 15.9. The second-order valence-corrected chi connectivity index (χ2v) is 10.2. The largest absolute Gasteiger partial charge is 0.353 e. The highest BCUT2D eigenvalue weighted by molar-refractivity contribution is 7.91. The van der Waals surface area contributed by atoms with Crippen molar-refractivity contribution in [2.24, 2.45) is 11.8 Å². The van der Waals surface area contributed by atoms with Crippen LogP contribution >= 0.6 is 0 Å². The van der Waals surface area contributed by atoms with Gasteiger partial charge in [0.1, 0.15) is 6.04 Å². The highest BCUT2D eigenvalue weighted by Crippen LogP contribution is 2.25. The topological polar surface area (TPSA) is 97.3 Å². The van der Waals surface area contributed by atoms with Gasteiger partial charge in [-0.15, -0.1) is 0 Å². The van der Waals surface area contributed by atoms with E-state index >= 15 is 0 Å². The molecule has 2 heterocycles. The van der Waals surface area contributed by atoms with Crippen LogP contribution in [-0.4, -0.2) is 48.4 Å². The van der Waals surface area contributed by atoms with Crippen LogP contribution in [0.5, 0.6) is 0 Å². The lowest BCUT2D eigenvalue weighted by molar-refractivity contribution is -0.127. The molecule has 1 aliphatic heterocycles. The number of carbonyl (C=O) groups is 2. The summed E-state index contributed by atoms with van der Waals surface area (Å²) in [6.45, 7) is 3.95. The van der Waals surface area contributed by atoms with Crippen molar-refractivity contribution in [2.75, 3.05) is 11.5 Å². The van der Waals surface area contributed by atoms with Gasteiger partial charge < -0.3 is 15.2 Å². The first kappa shape index (κ1) is 19.9. The fraction of sp³-hybridized carbons (Fsp3) is 0.684. The first-order valence-corrected chi connectivity index (χ1v) is 11.5. The Morgan fingerprint density at radius 2 is 1.67 bits per heavy atom. The number of hydrogen-bond acceptors (Lipinski definition) is 4. The highest BCUT2D eigenvalue weighted by atomic mass is 32.2. The van der Waals surface area contributed by atoms with Crippen LogP contribution < -0.4 is 10.6 Å². The number of sulfone groups is 1. The Morgan fingerprint density at radius 1 is 1.04 bits per heavy atom. The zero-order chi connectivity index (χ0) is 19.6. The third-order valence-electron chi connectivity index (χ3n) is 5.83. The van der Waals surface area contributed by atoms with Crippen LogP contribution in [-0.2, 0) is 19.4 Å². The summed E-state index contributed by atoms with van der Waals surface area (Å²) in [5, 5.41) is 5.82. The third kappa shape index (κ3) is 4.91. The van der Waals surface area contributed by atoms with Crippen LogP contribution in [0.25, 0.3) is 0 Å². The summed E-state index contributed by atoms with van der Waals surface area (Å²) in [5.41, 5.74) is 0. The summed E-state index contributed by atoms with van der Waals surface area (Å²) in [6, 6.07) is 2.61. The number of amides is 2. The van der Waals surface area contributed by atoms with Crippen LogP contribution in [0, 0.1) is 11.8 Å². The van der Waals surface area contributed by atoms with Gasteiger partial charge in [0.05, 0.1) is 23.5 Å². The Kier molecular flexibility index (Phi) is 5.93. The molecule has 150 valence electrons. The minimum atomic E-state index is -3.35. The smallest absolute Gasteiger partial charge is 0.243 e. The molecule has 0 aromatic carbocycles. The molecule has 8 heteroatoms. The SMILES string of the molecule is CC1CCC(NC(=O)[C@@H]2CS(=O)(=O)C[C@H]2NC(=O)C(C)n2cccc2)CC1. The Balaban J connectivity index is 1.64. The van der Waals surface area contributed by atoms with Gasteiger partial charge in [-0.25, -0.2) is 8.42 Å². The van der Waals surface area contributed by atoms with Gasteiger partial charge in [0, 0.05) is 18.4 Å². The molecule has 1 aliphatic carbocycles. The number of aromatic nitrogens is 1. The number of nitrogens with zero attached hydrogens (tertiary/aromatic N) is 1. The van der Waals surface area contributed by atoms with Crippen molar-refractivity contribution in [3.05, 3.63) is 24.5 Å². The van der Waals surface area contributed by atoms with Crippen LogP contribution in [0.1, 0.15) is 45.6 Å². The number of nitrogens with one attached hydrogen (secondary N) is 2. The van der Waals surface area contributed by atoms with Gasteiger partial charge in [0.2, 0.25) is 11.8 Å². The van der Waals surface area contributed by atoms with E-state index < -0.39 is 27.8 Å². The number of hydrogen-bond donors (Lipinski definition) is 2. The molecule has 3 atom stereocenters. The quantitative estimate of drug-likeness (QED) is 0.785. The fourth-order valence-electron chi connectivity index (χ4n) is 4.01. The van der Waals surface area contributed by atoms with Gasteiger partial charge in [-0.2, -0.15) is 0 Å². The summed E-state index contributed by atoms with van der Waals surface area (Å²) in [4.78, 5) is 25.3. The van der Waals surface area contributed by atoms with Crippen molar-refractivity contribution in [3.63, 3.8) is 0 Å². The first-order valence-electron chi connectivity index (χ1n) is 9.69. The van der Waals surface area contributed by atoms with Crippen LogP contribution in [0.2, 0.25) is 0 Å². The van der Waals surface area contributed by atoms with Gasteiger partial charge in [0.25, 0.3) is 0 Å². The third-order valence-corrected chi connectivity index (χ3v) is 7.57. The molecule has 1 saturated heterocycles. The van der Waals surface area contributed by atoms with E-state index in [1.54, 1.807) is 23.9 Å². The monoisotopic (exact) mass is 395 g/mol. The zero-order valence-corrected chi connectivity index (χ0v) is 16.7. The fourth-order valence-corrected chi connectivity index (χ4v) is 5.94. The Hall–Kier alpha value is -1.83. The van der Waals surface area contributed by atoms with E-state index in [-0.39, 0.29) is 29.4 Å². The molecule has 2 amide bonds. The second kappa shape index (κ2) is 8.04. The molecule has 1 aromatic heterocycles. The minimum Gasteiger partial charge on any atom is -0.353 e. The van der Waals surface area contributed by atoms with Gasteiger partial charge >= 0.3 is 0 Å². The van der Waals surface area contributed by atoms with Crippen molar-refractivity contribution in [1.29, 1.82) is 0 Å². The Labute approximate surface area is 160 Å². The first-order chi connectivity index (χ1) is 12.7. The standard InChI is InChI=1S/C19H29N3O4S/c1-13-5-7-15(8-6-13)20-19(24)16-11-27(25,26)12-17(16)21-18(23)14(2)22-9-3-4-10-22/h3-4,9-10,13-17H,5-8,11-12H2,1-2H3,(H,20,24)(H,21,23)/t13?,14?,15?,16-,17-/m1/s1. The molecule has 1 saturated carbocycles. The minimum absolute atomic E-state index is 0.104. The molecule has 0 radical (unpaired) electrons. The number of carbonyl (C=O) groups excluding carboxylic acids is 2. The van der Waals surface area contributed by atoms with Crippen molar-refractivity contribution in [3.8, 4) is 0 Å². The maximum Gasteiger partial charge on any atom is 0.243 e. The van der Waals surface area contributed by atoms with E-state index in [0.29, 0.717) is 5.92 Å². The maximum atomic E-state index is 12.7. The summed E-state index contributed by atoms with van der Waals surface area (Å²) in [5.74, 6) is -0.976. The molecule has 0 bridgehead atoms. The van der Waals surface area contributed by atoms with Gasteiger partial charge in [-0.05, 0) is 50.7 Å². The van der Waals surface area contributed by atoms with Gasteiger partial charge in [-0.1, -0.05) is 6.92 Å². The van der Waals surface area contributed by atoms with Crippen molar-refractivity contribution in [2.45, 2.75) is 57.7 Å². The van der Waals surface area contributed by atoms with E-state index in [2.05, 4.69) is 17.6 Å². The molecule has 7 nitrogen and oxygen atoms in total. The molecule has 2 aliphatic rings. The van der Waals surface area contributed by atoms with E-state index in [1.165, 1.54) is 0 Å². The summed E-state index contributed by atoms with van der Waals surface area (Å²) >= 11 is 0. The van der Waals surface area contributed by atoms with E-state index in [4.69, 9.17) is 0 Å². The van der Waals surface area contributed by atoms with Gasteiger partial charge in [0.15, 0.2) is 9.84 Å². The molecule has 1 aromatic rings. The predicted octanol–water partition coefficient (Wildman–Crippen LogP) is 1.27. The maximum absolute atomic E-state index is 12.7. The van der Waals surface area contributed by atoms with Crippen LogP contribution in [0.3, 0.4) is 0 Å². The van der Waals surface area contributed by atoms with Crippen LogP contribution in [0.4, 0.5) is 0 Å². The summed E-state index contributed by atoms with van der Waals surface area (Å²) in [7, 11) is -3.35. The average Bonchev–Trinajstić information content (AvgIpc) is 3.24. The molecule has 0 spiro atoms. The van der Waals surface area contributed by atoms with Crippen LogP contribution in [0.15, 0.2) is 24.5 Å². The molecule has 1 unspecified atom stereocenters. The summed E-state index contributed by atoms with van der Waals surface area (Å²) < 4.78 is 26.0. The number of rotatable bonds is 5. The van der Waals surface area contributed by atoms with E-state index in [0.717, 1.165) is 25.7 Å². The Bertz CT molecular complexity index is 767. The lowest BCUT2D eigenvalue weighted by atomic mass is 9.87. The average molecular weight is 396 g/mol. The molecular weight excluding hydrogens is 366 g/mol. The molecular formula is C19H29N3O4S. The van der Waals surface area contributed by atoms with E-state index in [9.17, 15) is 18.0 Å². The lowest BCUT2D eigenvalue weighted by Crippen LogP contribution is -2.50. The normalized spacial score (nSPS) is 31.2. The van der Waals surface area contributed by atoms with Crippen molar-refractivity contribution in [1.82, 2.24) is 15.2 Å². The molecule has 2 N–H and O–H groups in total. The Morgan fingerprint density at radius 3 is 2.30 bits per heavy atom. The van der Waals surface area contributed by atoms with Crippen molar-refractivity contribution < 1.29 is 18.0 Å². The predicted molar refractivity (Wildman–Crippen MR) is 103 cm³/mol. The summed E-state index contributed by atoms with van der Waals surface area (Å²) in [6.07, 6.45) is 7.56. The molecule has 3 rings (SSSR count). The van der Waals surface area contributed by atoms with Gasteiger partial charge in [-0.3, -0.25) is 9.59 Å². The molecule has 2 fully saturated rings. The lowest BCUT2D eigenvalue weighted by Gasteiger charge is -2.29. The highest BCUT2D eigenvalue weighted by Gasteiger charge is 2.43. The second-order valence-electron chi connectivity index (χ2n) is 8.07. The molecule has 27 heavy (non-hydrogen) atoms.